The molecule has 0 bridgehead atoms. The maximum absolute atomic E-state index is 5.66. The van der Waals surface area contributed by atoms with Crippen molar-refractivity contribution in [3.8, 4) is 0 Å². The molecule has 0 saturated heterocycles. The van der Waals surface area contributed by atoms with Crippen molar-refractivity contribution in [2.24, 2.45) is 56.4 Å². The fraction of sp³-hybridized carbons (Fsp3) is 0.810. The highest BCUT2D eigenvalue weighted by atomic mass is 15.1. The zero-order valence-electron chi connectivity index (χ0n) is 16.1. The van der Waals surface area contributed by atoms with Gasteiger partial charge in [0, 0.05) is 11.6 Å². The summed E-state index contributed by atoms with van der Waals surface area (Å²) in [5, 5.41) is 8.08. The molecule has 0 aliphatic heterocycles. The molecule has 4 heteroatoms. The third-order valence-electron chi connectivity index (χ3n) is 8.85. The molecule has 6 atom stereocenters. The van der Waals surface area contributed by atoms with Crippen LogP contribution in [0.4, 0.5) is 0 Å². The van der Waals surface area contributed by atoms with Crippen molar-refractivity contribution in [3.05, 3.63) is 11.6 Å². The van der Waals surface area contributed by atoms with Crippen LogP contribution in [0.5, 0.6) is 0 Å². The maximum Gasteiger partial charge on any atom is 0.0600 e. The lowest BCUT2D eigenvalue weighted by atomic mass is 9.46. The summed E-state index contributed by atoms with van der Waals surface area (Å²) in [6.45, 7) is 7.21. The van der Waals surface area contributed by atoms with Gasteiger partial charge in [0.1, 0.15) is 0 Å². The number of hydrazone groups is 2. The summed E-state index contributed by atoms with van der Waals surface area (Å²) in [4.78, 5) is 0. The molecule has 0 aromatic rings. The van der Waals surface area contributed by atoms with Gasteiger partial charge in [-0.15, -0.1) is 0 Å². The lowest BCUT2D eigenvalue weighted by Crippen LogP contribution is -2.51. The van der Waals surface area contributed by atoms with E-state index in [1.807, 2.05) is 0 Å². The van der Waals surface area contributed by atoms with Crippen LogP contribution in [0, 0.1) is 34.5 Å². The lowest BCUT2D eigenvalue weighted by molar-refractivity contribution is -0.0407. The van der Waals surface area contributed by atoms with E-state index < -0.39 is 0 Å². The Balaban J connectivity index is 1.65. The van der Waals surface area contributed by atoms with E-state index in [0.717, 1.165) is 29.9 Å². The minimum absolute atomic E-state index is 0.369. The second-order valence-electron chi connectivity index (χ2n) is 9.57. The number of hydrogen-bond donors (Lipinski definition) is 2. The van der Waals surface area contributed by atoms with Gasteiger partial charge in [-0.3, -0.25) is 0 Å². The molecule has 25 heavy (non-hydrogen) atoms. The van der Waals surface area contributed by atoms with Crippen molar-refractivity contribution >= 4 is 11.4 Å². The van der Waals surface area contributed by atoms with Crippen molar-refractivity contribution in [1.29, 1.82) is 0 Å². The number of nitrogens with two attached hydrogens (primary N) is 2. The van der Waals surface area contributed by atoms with E-state index in [1.165, 1.54) is 50.7 Å². The first-order valence-corrected chi connectivity index (χ1v) is 10.2. The Bertz CT molecular complexity index is 648. The minimum Gasteiger partial charge on any atom is -0.323 e. The topological polar surface area (TPSA) is 76.8 Å². The van der Waals surface area contributed by atoms with Crippen molar-refractivity contribution in [1.82, 2.24) is 0 Å². The molecule has 0 amide bonds. The monoisotopic (exact) mass is 342 g/mol. The van der Waals surface area contributed by atoms with Crippen LogP contribution in [-0.4, -0.2) is 11.4 Å². The van der Waals surface area contributed by atoms with Crippen molar-refractivity contribution in [3.63, 3.8) is 0 Å². The average molecular weight is 343 g/mol. The van der Waals surface area contributed by atoms with Gasteiger partial charge >= 0.3 is 0 Å². The fourth-order valence-electron chi connectivity index (χ4n) is 7.45. The highest BCUT2D eigenvalue weighted by Crippen LogP contribution is 2.66. The number of fused-ring (bicyclic) bond motifs is 5. The normalized spacial score (nSPS) is 48.5. The molecule has 4 aliphatic rings. The van der Waals surface area contributed by atoms with Crippen LogP contribution in [0.1, 0.15) is 72.1 Å². The SMILES string of the molecule is C/C(=N\N)C1CCC2C3CCC4=C/C(=N\N)CCC4(C)C3CCC12C. The second-order valence-corrected chi connectivity index (χ2v) is 9.57. The fourth-order valence-corrected chi connectivity index (χ4v) is 7.45. The summed E-state index contributed by atoms with van der Waals surface area (Å²) in [6, 6.07) is 0. The molecule has 3 saturated carbocycles. The number of nitrogens with zero attached hydrogens (tertiary/aromatic N) is 2. The van der Waals surface area contributed by atoms with Crippen molar-refractivity contribution in [2.75, 3.05) is 0 Å². The molecular formula is C21H34N4. The van der Waals surface area contributed by atoms with E-state index in [9.17, 15) is 0 Å². The van der Waals surface area contributed by atoms with Gasteiger partial charge in [0.2, 0.25) is 0 Å². The number of rotatable bonds is 1. The van der Waals surface area contributed by atoms with Crippen molar-refractivity contribution < 1.29 is 0 Å². The van der Waals surface area contributed by atoms with Gasteiger partial charge in [-0.25, -0.2) is 0 Å². The molecule has 0 heterocycles. The van der Waals surface area contributed by atoms with Crippen LogP contribution in [0.3, 0.4) is 0 Å². The Hall–Kier alpha value is -1.32. The van der Waals surface area contributed by atoms with Gasteiger partial charge in [0.25, 0.3) is 0 Å². The summed E-state index contributed by atoms with van der Waals surface area (Å²) < 4.78 is 0. The van der Waals surface area contributed by atoms with Crippen LogP contribution >= 0.6 is 0 Å². The Labute approximate surface area is 152 Å². The van der Waals surface area contributed by atoms with Gasteiger partial charge in [-0.2, -0.15) is 10.2 Å². The first-order chi connectivity index (χ1) is 11.9. The molecule has 4 nitrogen and oxygen atoms in total. The van der Waals surface area contributed by atoms with E-state index in [0.29, 0.717) is 16.7 Å². The van der Waals surface area contributed by atoms with Gasteiger partial charge < -0.3 is 11.7 Å². The largest absolute Gasteiger partial charge is 0.323 e. The first kappa shape index (κ1) is 17.1. The molecule has 4 N–H and O–H groups in total. The number of hydrogen-bond acceptors (Lipinski definition) is 4. The first-order valence-electron chi connectivity index (χ1n) is 10.2. The molecule has 4 rings (SSSR count). The van der Waals surface area contributed by atoms with Gasteiger partial charge in [-0.1, -0.05) is 19.4 Å². The second kappa shape index (κ2) is 5.85. The highest BCUT2D eigenvalue weighted by Gasteiger charge is 2.59. The highest BCUT2D eigenvalue weighted by molar-refractivity contribution is 5.96. The molecule has 3 fully saturated rings. The van der Waals surface area contributed by atoms with E-state index in [4.69, 9.17) is 11.7 Å². The summed E-state index contributed by atoms with van der Waals surface area (Å²) in [6.07, 6.45) is 12.5. The Morgan fingerprint density at radius 3 is 2.56 bits per heavy atom. The predicted molar refractivity (Wildman–Crippen MR) is 104 cm³/mol. The van der Waals surface area contributed by atoms with Gasteiger partial charge in [-0.05, 0) is 93.0 Å². The van der Waals surface area contributed by atoms with E-state index in [1.54, 1.807) is 5.57 Å². The van der Waals surface area contributed by atoms with Gasteiger partial charge in [0.05, 0.1) is 5.71 Å². The molecule has 138 valence electrons. The van der Waals surface area contributed by atoms with Crippen LogP contribution in [-0.2, 0) is 0 Å². The van der Waals surface area contributed by atoms with E-state index in [2.05, 4.69) is 37.1 Å². The van der Waals surface area contributed by atoms with Gasteiger partial charge in [0.15, 0.2) is 0 Å². The maximum atomic E-state index is 5.66. The van der Waals surface area contributed by atoms with E-state index in [-0.39, 0.29) is 0 Å². The van der Waals surface area contributed by atoms with Crippen molar-refractivity contribution in [2.45, 2.75) is 72.1 Å². The Morgan fingerprint density at radius 1 is 1.04 bits per heavy atom. The quantitative estimate of drug-likeness (QED) is 0.425. The third kappa shape index (κ3) is 2.32. The molecule has 0 aromatic heterocycles. The zero-order valence-corrected chi connectivity index (χ0v) is 16.1. The summed E-state index contributed by atoms with van der Waals surface area (Å²) in [5.41, 5.74) is 4.68. The lowest BCUT2D eigenvalue weighted by Gasteiger charge is -2.58. The molecule has 0 aromatic carbocycles. The van der Waals surface area contributed by atoms with Crippen LogP contribution in [0.15, 0.2) is 21.9 Å². The summed E-state index contributed by atoms with van der Waals surface area (Å²) in [5.74, 6) is 14.4. The summed E-state index contributed by atoms with van der Waals surface area (Å²) in [7, 11) is 0. The molecule has 0 radical (unpaired) electrons. The minimum atomic E-state index is 0.369. The third-order valence-corrected chi connectivity index (χ3v) is 8.85. The molecule has 6 unspecified atom stereocenters. The summed E-state index contributed by atoms with van der Waals surface area (Å²) >= 11 is 0. The molecule has 4 aliphatic carbocycles. The Morgan fingerprint density at radius 2 is 1.84 bits per heavy atom. The molecular weight excluding hydrogens is 308 g/mol. The van der Waals surface area contributed by atoms with E-state index >= 15 is 0 Å². The molecule has 0 spiro atoms. The zero-order chi connectivity index (χ0) is 17.8. The smallest absolute Gasteiger partial charge is 0.0600 e. The van der Waals surface area contributed by atoms with Crippen LogP contribution in [0.25, 0.3) is 0 Å². The van der Waals surface area contributed by atoms with Crippen LogP contribution < -0.4 is 11.7 Å². The van der Waals surface area contributed by atoms with Crippen LogP contribution in [0.2, 0.25) is 0 Å². The predicted octanol–water partition coefficient (Wildman–Crippen LogP) is 4.21. The standard InChI is InChI=1S/C21H34N4/c1-13(24-22)17-6-7-18-16-5-4-14-12-15(25-23)8-10-20(14,2)19(16)9-11-21(17,18)3/h12,16-19H,4-11,22-23H2,1-3H3/b24-13+,25-15-. The Kier molecular flexibility index (Phi) is 4.01. The number of allylic oxidation sites excluding steroid dienone is 2. The average Bonchev–Trinajstić information content (AvgIpc) is 2.97.